The number of amides is 1. The van der Waals surface area contributed by atoms with Gasteiger partial charge in [0.2, 0.25) is 5.91 Å². The highest BCUT2D eigenvalue weighted by Crippen LogP contribution is 2.25. The van der Waals surface area contributed by atoms with Crippen molar-refractivity contribution in [2.45, 2.75) is 33.9 Å². The monoisotopic (exact) mass is 264 g/mol. The Morgan fingerprint density at radius 3 is 2.89 bits per heavy atom. The van der Waals surface area contributed by atoms with E-state index in [1.54, 1.807) is 4.90 Å². The van der Waals surface area contributed by atoms with Gasteiger partial charge in [-0.1, -0.05) is 20.8 Å². The highest BCUT2D eigenvalue weighted by atomic mass is 16.3. The first-order chi connectivity index (χ1) is 8.80. The fourth-order valence-electron chi connectivity index (χ4n) is 1.93. The van der Waals surface area contributed by atoms with Gasteiger partial charge in [0.1, 0.15) is 12.5 Å². The average molecular weight is 264 g/mol. The lowest BCUT2D eigenvalue weighted by Gasteiger charge is -2.28. The molecule has 104 valence electrons. The normalized spacial score (nSPS) is 22.0. The first-order valence-corrected chi connectivity index (χ1v) is 6.27. The molecule has 2 heterocycles. The van der Waals surface area contributed by atoms with Gasteiger partial charge in [-0.15, -0.1) is 0 Å². The smallest absolute Gasteiger partial charge is 0.225 e. The zero-order chi connectivity index (χ0) is 14.2. The Kier molecular flexibility index (Phi) is 3.26. The second-order valence-electron chi connectivity index (χ2n) is 5.81. The van der Waals surface area contributed by atoms with Crippen molar-refractivity contribution in [2.75, 3.05) is 6.54 Å². The molecule has 1 unspecified atom stereocenters. The van der Waals surface area contributed by atoms with E-state index in [2.05, 4.69) is 15.8 Å². The zero-order valence-electron chi connectivity index (χ0n) is 11.7. The van der Waals surface area contributed by atoms with Crippen LogP contribution >= 0.6 is 0 Å². The summed E-state index contributed by atoms with van der Waals surface area (Å²) in [5.74, 6) is 0.0869. The number of aliphatic hydroxyl groups is 1. The van der Waals surface area contributed by atoms with E-state index in [-0.39, 0.29) is 18.0 Å². The second-order valence-corrected chi connectivity index (χ2v) is 5.81. The van der Waals surface area contributed by atoms with Crippen molar-refractivity contribution < 1.29 is 9.90 Å². The second kappa shape index (κ2) is 4.60. The highest BCUT2D eigenvalue weighted by Gasteiger charge is 2.29. The van der Waals surface area contributed by atoms with E-state index in [4.69, 9.17) is 0 Å². The molecule has 2 aliphatic heterocycles. The molecule has 6 nitrogen and oxygen atoms in total. The molecule has 2 rings (SSSR count). The van der Waals surface area contributed by atoms with Crippen LogP contribution in [0.5, 0.6) is 0 Å². The van der Waals surface area contributed by atoms with Gasteiger partial charge < -0.3 is 10.4 Å². The fourth-order valence-corrected chi connectivity index (χ4v) is 1.93. The lowest BCUT2D eigenvalue weighted by molar-refractivity contribution is -0.128. The minimum absolute atomic E-state index is 0.0454. The molecule has 1 amide bonds. The Morgan fingerprint density at radius 1 is 1.58 bits per heavy atom. The van der Waals surface area contributed by atoms with Gasteiger partial charge in [-0.2, -0.15) is 5.10 Å². The third-order valence-corrected chi connectivity index (χ3v) is 3.19. The molecule has 0 bridgehead atoms. The van der Waals surface area contributed by atoms with Crippen LogP contribution in [0.4, 0.5) is 0 Å². The summed E-state index contributed by atoms with van der Waals surface area (Å²) in [5, 5.41) is 17.0. The summed E-state index contributed by atoms with van der Waals surface area (Å²) in [7, 11) is 0. The van der Waals surface area contributed by atoms with E-state index < -0.39 is 5.41 Å². The van der Waals surface area contributed by atoms with E-state index in [0.717, 1.165) is 5.57 Å². The van der Waals surface area contributed by atoms with Gasteiger partial charge in [0.15, 0.2) is 5.88 Å². The lowest BCUT2D eigenvalue weighted by atomic mass is 9.95. The van der Waals surface area contributed by atoms with Crippen molar-refractivity contribution in [3.05, 3.63) is 23.1 Å². The van der Waals surface area contributed by atoms with E-state index >= 15 is 0 Å². The van der Waals surface area contributed by atoms with Gasteiger partial charge in [0, 0.05) is 17.5 Å². The molecule has 0 saturated carbocycles. The molecule has 0 aromatic heterocycles. The molecular formula is C13H20N4O2. The summed E-state index contributed by atoms with van der Waals surface area (Å²) in [6.45, 7) is 7.78. The maximum absolute atomic E-state index is 11.9. The van der Waals surface area contributed by atoms with E-state index in [9.17, 15) is 9.90 Å². The zero-order valence-corrected chi connectivity index (χ0v) is 11.7. The molecular weight excluding hydrogens is 244 g/mol. The minimum atomic E-state index is -0.443. The van der Waals surface area contributed by atoms with Crippen LogP contribution in [0, 0.1) is 5.41 Å². The van der Waals surface area contributed by atoms with Gasteiger partial charge >= 0.3 is 0 Å². The molecule has 0 aromatic carbocycles. The van der Waals surface area contributed by atoms with Gasteiger partial charge in [0.05, 0.1) is 0 Å². The molecule has 0 radical (unpaired) electrons. The number of hydrogen-bond acceptors (Lipinski definition) is 5. The maximum Gasteiger partial charge on any atom is 0.225 e. The van der Waals surface area contributed by atoms with Crippen molar-refractivity contribution in [1.82, 2.24) is 15.6 Å². The summed E-state index contributed by atoms with van der Waals surface area (Å²) in [6.07, 6.45) is 3.36. The van der Waals surface area contributed by atoms with E-state index in [0.29, 0.717) is 12.1 Å². The number of nitrogens with zero attached hydrogens (tertiary/aromatic N) is 2. The maximum atomic E-state index is 11.9. The number of nitrogens with one attached hydrogen (secondary N) is 2. The van der Waals surface area contributed by atoms with Crippen molar-refractivity contribution >= 4 is 12.2 Å². The quantitative estimate of drug-likeness (QED) is 0.697. The Bertz CT molecular complexity index is 485. The standard InChI is InChI=1S/C13H20N4O2/c1-8-5-10-16-15-7-17(10)11(18)9(8)6-14-12(19)13(2,3)4/h5,7,10,16,18H,6H2,1-4H3,(H,14,19). The number of carbonyl (C=O) groups is 1. The Morgan fingerprint density at radius 2 is 2.26 bits per heavy atom. The SMILES string of the molecule is CC1=CC2NN=CN2C(O)=C1CNC(=O)C(C)(C)C. The predicted octanol–water partition coefficient (Wildman–Crippen LogP) is 1.05. The topological polar surface area (TPSA) is 77.0 Å². The van der Waals surface area contributed by atoms with Crippen LogP contribution in [-0.2, 0) is 4.79 Å². The average Bonchev–Trinajstić information content (AvgIpc) is 2.75. The first-order valence-electron chi connectivity index (χ1n) is 6.27. The molecule has 6 heteroatoms. The van der Waals surface area contributed by atoms with E-state index in [1.807, 2.05) is 33.8 Å². The molecule has 0 aromatic rings. The molecule has 0 aliphatic carbocycles. The summed E-state index contributed by atoms with van der Waals surface area (Å²) in [4.78, 5) is 13.5. The third kappa shape index (κ3) is 2.57. The first kappa shape index (κ1) is 13.5. The Balaban J connectivity index is 2.11. The third-order valence-electron chi connectivity index (χ3n) is 3.19. The van der Waals surface area contributed by atoms with Crippen LogP contribution in [0.1, 0.15) is 27.7 Å². The fraction of sp³-hybridized carbons (Fsp3) is 0.538. The summed E-state index contributed by atoms with van der Waals surface area (Å²) in [5.41, 5.74) is 4.07. The van der Waals surface area contributed by atoms with Crippen molar-refractivity contribution in [3.8, 4) is 0 Å². The predicted molar refractivity (Wildman–Crippen MR) is 73.1 cm³/mol. The van der Waals surface area contributed by atoms with Crippen LogP contribution in [0.25, 0.3) is 0 Å². The molecule has 2 aliphatic rings. The number of carbonyl (C=O) groups excluding carboxylic acids is 1. The van der Waals surface area contributed by atoms with Crippen molar-refractivity contribution in [3.63, 3.8) is 0 Å². The summed E-state index contributed by atoms with van der Waals surface area (Å²) < 4.78 is 0. The van der Waals surface area contributed by atoms with E-state index in [1.165, 1.54) is 6.34 Å². The van der Waals surface area contributed by atoms with Crippen molar-refractivity contribution in [1.29, 1.82) is 0 Å². The number of rotatable bonds is 2. The van der Waals surface area contributed by atoms with Gasteiger partial charge in [-0.3, -0.25) is 15.1 Å². The van der Waals surface area contributed by atoms with Crippen LogP contribution in [0.2, 0.25) is 0 Å². The summed E-state index contributed by atoms with van der Waals surface area (Å²) in [6, 6.07) is 0. The highest BCUT2D eigenvalue weighted by molar-refractivity contribution is 5.81. The molecule has 0 spiro atoms. The van der Waals surface area contributed by atoms with Crippen molar-refractivity contribution in [2.24, 2.45) is 10.5 Å². The van der Waals surface area contributed by atoms with Crippen LogP contribution in [-0.4, -0.2) is 35.0 Å². The number of fused-ring (bicyclic) bond motifs is 1. The molecule has 3 N–H and O–H groups in total. The Labute approximate surface area is 112 Å². The largest absolute Gasteiger partial charge is 0.494 e. The number of aliphatic hydroxyl groups excluding tert-OH is 1. The molecule has 1 atom stereocenters. The van der Waals surface area contributed by atoms with Crippen LogP contribution < -0.4 is 10.7 Å². The Hall–Kier alpha value is -1.98. The molecule has 19 heavy (non-hydrogen) atoms. The van der Waals surface area contributed by atoms with Crippen LogP contribution in [0.3, 0.4) is 0 Å². The molecule has 0 fully saturated rings. The summed E-state index contributed by atoms with van der Waals surface area (Å²) >= 11 is 0. The minimum Gasteiger partial charge on any atom is -0.494 e. The number of hydrazone groups is 1. The van der Waals surface area contributed by atoms with Crippen LogP contribution in [0.15, 0.2) is 28.2 Å². The van der Waals surface area contributed by atoms with Gasteiger partial charge in [-0.05, 0) is 18.6 Å². The number of hydrogen-bond donors (Lipinski definition) is 3. The van der Waals surface area contributed by atoms with Gasteiger partial charge in [-0.25, -0.2) is 0 Å². The van der Waals surface area contributed by atoms with Gasteiger partial charge in [0.25, 0.3) is 0 Å². The lowest BCUT2D eigenvalue weighted by Crippen LogP contribution is -2.41. The molecule has 0 saturated heterocycles.